The molecule has 0 spiro atoms. The van der Waals surface area contributed by atoms with Gasteiger partial charge in [-0.2, -0.15) is 0 Å². The Labute approximate surface area is 76.7 Å². The Morgan fingerprint density at radius 1 is 1.00 bits per heavy atom. The van der Waals surface area contributed by atoms with E-state index >= 15 is 0 Å². The van der Waals surface area contributed by atoms with Crippen molar-refractivity contribution in [1.29, 1.82) is 0 Å². The molecule has 1 saturated carbocycles. The van der Waals surface area contributed by atoms with E-state index in [-0.39, 0.29) is 0 Å². The van der Waals surface area contributed by atoms with Crippen molar-refractivity contribution in [2.75, 3.05) is 13.1 Å². The average molecular weight is 172 g/mol. The standard InChI is InChI=1S/C8H18N2.C2H6/c9-5-7-2-1-3-8(4-7)6-10;1-2/h7-8H,1-6,9-10H2;1-2H3. The van der Waals surface area contributed by atoms with Crippen LogP contribution < -0.4 is 11.5 Å². The summed E-state index contributed by atoms with van der Waals surface area (Å²) in [6.45, 7) is 5.72. The van der Waals surface area contributed by atoms with Crippen LogP contribution in [0.4, 0.5) is 0 Å². The summed E-state index contributed by atoms with van der Waals surface area (Å²) >= 11 is 0. The molecule has 74 valence electrons. The molecule has 12 heavy (non-hydrogen) atoms. The van der Waals surface area contributed by atoms with Gasteiger partial charge in [0.25, 0.3) is 0 Å². The van der Waals surface area contributed by atoms with Crippen LogP contribution in [0.2, 0.25) is 0 Å². The number of hydrogen-bond acceptors (Lipinski definition) is 2. The summed E-state index contributed by atoms with van der Waals surface area (Å²) in [7, 11) is 0. The Morgan fingerprint density at radius 3 is 1.75 bits per heavy atom. The minimum absolute atomic E-state index is 0.766. The molecule has 4 N–H and O–H groups in total. The highest BCUT2D eigenvalue weighted by atomic mass is 14.6. The van der Waals surface area contributed by atoms with E-state index in [2.05, 4.69) is 0 Å². The third-order valence-electron chi connectivity index (χ3n) is 2.56. The topological polar surface area (TPSA) is 52.0 Å². The molecule has 2 atom stereocenters. The molecule has 1 fully saturated rings. The van der Waals surface area contributed by atoms with Crippen LogP contribution in [0.5, 0.6) is 0 Å². The second-order valence-corrected chi connectivity index (χ2v) is 3.37. The molecule has 0 aromatic rings. The minimum atomic E-state index is 0.766. The third-order valence-corrected chi connectivity index (χ3v) is 2.56. The molecule has 1 rings (SSSR count). The van der Waals surface area contributed by atoms with Crippen LogP contribution in [0.3, 0.4) is 0 Å². The van der Waals surface area contributed by atoms with Crippen molar-refractivity contribution >= 4 is 0 Å². The SMILES string of the molecule is CC.NCC1CCCC(CN)C1. The molecule has 1 aliphatic rings. The fourth-order valence-electron chi connectivity index (χ4n) is 1.83. The van der Waals surface area contributed by atoms with Crippen molar-refractivity contribution in [2.24, 2.45) is 23.3 Å². The summed E-state index contributed by atoms with van der Waals surface area (Å²) in [4.78, 5) is 0. The normalized spacial score (nSPS) is 29.0. The lowest BCUT2D eigenvalue weighted by atomic mass is 9.81. The summed E-state index contributed by atoms with van der Waals surface area (Å²) in [5, 5.41) is 0. The molecular weight excluding hydrogens is 148 g/mol. The van der Waals surface area contributed by atoms with Gasteiger partial charge in [-0.05, 0) is 44.2 Å². The van der Waals surface area contributed by atoms with E-state index in [9.17, 15) is 0 Å². The average Bonchev–Trinajstić information content (AvgIpc) is 2.21. The van der Waals surface area contributed by atoms with Gasteiger partial charge in [-0.3, -0.25) is 0 Å². The molecule has 2 nitrogen and oxygen atoms in total. The maximum atomic E-state index is 5.58. The lowest BCUT2D eigenvalue weighted by Crippen LogP contribution is -2.26. The second kappa shape index (κ2) is 7.56. The van der Waals surface area contributed by atoms with E-state index in [4.69, 9.17) is 11.5 Å². The van der Waals surface area contributed by atoms with Gasteiger partial charge in [0, 0.05) is 0 Å². The van der Waals surface area contributed by atoms with Gasteiger partial charge in [0.2, 0.25) is 0 Å². The predicted molar refractivity (Wildman–Crippen MR) is 54.9 cm³/mol. The van der Waals surface area contributed by atoms with Crippen molar-refractivity contribution in [2.45, 2.75) is 39.5 Å². The van der Waals surface area contributed by atoms with Crippen LogP contribution in [0, 0.1) is 11.8 Å². The largest absolute Gasteiger partial charge is 0.330 e. The van der Waals surface area contributed by atoms with E-state index < -0.39 is 0 Å². The van der Waals surface area contributed by atoms with Crippen molar-refractivity contribution < 1.29 is 0 Å². The summed E-state index contributed by atoms with van der Waals surface area (Å²) in [5.74, 6) is 1.53. The molecule has 0 aromatic carbocycles. The Balaban J connectivity index is 0.000000561. The van der Waals surface area contributed by atoms with Gasteiger partial charge < -0.3 is 11.5 Å². The first kappa shape index (κ1) is 11.9. The van der Waals surface area contributed by atoms with Crippen LogP contribution in [-0.2, 0) is 0 Å². The second-order valence-electron chi connectivity index (χ2n) is 3.37. The van der Waals surface area contributed by atoms with Crippen LogP contribution in [0.15, 0.2) is 0 Å². The molecule has 2 unspecified atom stereocenters. The van der Waals surface area contributed by atoms with Crippen LogP contribution in [-0.4, -0.2) is 13.1 Å². The Bertz CT molecular complexity index is 83.8. The maximum absolute atomic E-state index is 5.58. The zero-order valence-corrected chi connectivity index (χ0v) is 8.55. The first-order valence-electron chi connectivity index (χ1n) is 5.27. The molecular formula is C10H24N2. The van der Waals surface area contributed by atoms with E-state index in [1.807, 2.05) is 13.8 Å². The van der Waals surface area contributed by atoms with Crippen molar-refractivity contribution in [1.82, 2.24) is 0 Å². The summed E-state index contributed by atoms with van der Waals surface area (Å²) < 4.78 is 0. The molecule has 0 amide bonds. The highest BCUT2D eigenvalue weighted by Crippen LogP contribution is 2.27. The van der Waals surface area contributed by atoms with Gasteiger partial charge in [0.15, 0.2) is 0 Å². The highest BCUT2D eigenvalue weighted by Gasteiger charge is 2.19. The van der Waals surface area contributed by atoms with E-state index in [0.29, 0.717) is 0 Å². The van der Waals surface area contributed by atoms with Gasteiger partial charge in [-0.15, -0.1) is 0 Å². The molecule has 0 radical (unpaired) electrons. The molecule has 0 bridgehead atoms. The van der Waals surface area contributed by atoms with E-state index in [0.717, 1.165) is 24.9 Å². The fraction of sp³-hybridized carbons (Fsp3) is 1.00. The number of hydrogen-bond donors (Lipinski definition) is 2. The zero-order valence-electron chi connectivity index (χ0n) is 8.55. The first-order chi connectivity index (χ1) is 5.86. The molecule has 0 aliphatic heterocycles. The van der Waals surface area contributed by atoms with Crippen molar-refractivity contribution in [3.63, 3.8) is 0 Å². The Morgan fingerprint density at radius 2 is 1.42 bits per heavy atom. The minimum Gasteiger partial charge on any atom is -0.330 e. The zero-order chi connectivity index (χ0) is 9.40. The van der Waals surface area contributed by atoms with Gasteiger partial charge in [-0.25, -0.2) is 0 Å². The van der Waals surface area contributed by atoms with Gasteiger partial charge >= 0.3 is 0 Å². The summed E-state index contributed by atoms with van der Waals surface area (Å²) in [6.07, 6.45) is 5.26. The number of nitrogens with two attached hydrogens (primary N) is 2. The molecule has 0 heterocycles. The van der Waals surface area contributed by atoms with Crippen molar-refractivity contribution in [3.8, 4) is 0 Å². The molecule has 0 saturated heterocycles. The van der Waals surface area contributed by atoms with Gasteiger partial charge in [0.05, 0.1) is 0 Å². The fourth-order valence-corrected chi connectivity index (χ4v) is 1.83. The maximum Gasteiger partial charge on any atom is -0.00488 e. The molecule has 0 aromatic heterocycles. The van der Waals surface area contributed by atoms with Crippen LogP contribution >= 0.6 is 0 Å². The summed E-state index contributed by atoms with van der Waals surface area (Å²) in [6, 6.07) is 0. The lowest BCUT2D eigenvalue weighted by molar-refractivity contribution is 0.277. The Hall–Kier alpha value is -0.0800. The first-order valence-corrected chi connectivity index (χ1v) is 5.27. The quantitative estimate of drug-likeness (QED) is 0.666. The van der Waals surface area contributed by atoms with E-state index in [1.165, 1.54) is 25.7 Å². The predicted octanol–water partition coefficient (Wildman–Crippen LogP) is 1.74. The number of rotatable bonds is 2. The highest BCUT2D eigenvalue weighted by molar-refractivity contribution is 4.73. The van der Waals surface area contributed by atoms with E-state index in [1.54, 1.807) is 0 Å². The van der Waals surface area contributed by atoms with Gasteiger partial charge in [0.1, 0.15) is 0 Å². The third kappa shape index (κ3) is 4.07. The smallest absolute Gasteiger partial charge is 0.00488 e. The lowest BCUT2D eigenvalue weighted by Gasteiger charge is -2.26. The molecule has 2 heteroatoms. The van der Waals surface area contributed by atoms with Crippen LogP contribution in [0.25, 0.3) is 0 Å². The monoisotopic (exact) mass is 172 g/mol. The van der Waals surface area contributed by atoms with Crippen LogP contribution in [0.1, 0.15) is 39.5 Å². The molecule has 1 aliphatic carbocycles. The van der Waals surface area contributed by atoms with Crippen molar-refractivity contribution in [3.05, 3.63) is 0 Å². The Kier molecular flexibility index (Phi) is 7.51. The van der Waals surface area contributed by atoms with Gasteiger partial charge in [-0.1, -0.05) is 20.3 Å². The summed E-state index contributed by atoms with van der Waals surface area (Å²) in [5.41, 5.74) is 11.2.